The standard InChI is InChI=1S/2C11H20O2.Si/c2*1-10(2,3)8(12)7-9(13)11(4,5)6;/h2*7H2,1-6H3;. The Bertz CT molecular complexity index is 435. The molecule has 0 amide bonds. The third kappa shape index (κ3) is 13.7. The maximum atomic E-state index is 11.5. The smallest absolute Gasteiger partial charge is 0.145 e. The number of carbonyl (C=O) groups excluding carboxylic acids is 4. The summed E-state index contributed by atoms with van der Waals surface area (Å²) in [6.07, 6.45) is 0.125. The van der Waals surface area contributed by atoms with Gasteiger partial charge in [-0.05, 0) is 0 Å². The first-order valence-corrected chi connectivity index (χ1v) is 9.23. The largest absolute Gasteiger partial charge is 0.299 e. The van der Waals surface area contributed by atoms with Crippen LogP contribution in [0.3, 0.4) is 0 Å². The van der Waals surface area contributed by atoms with E-state index in [2.05, 4.69) is 0 Å². The van der Waals surface area contributed by atoms with Gasteiger partial charge >= 0.3 is 0 Å². The van der Waals surface area contributed by atoms with Crippen LogP contribution < -0.4 is 0 Å². The molecule has 0 saturated carbocycles. The molecule has 0 rings (SSSR count). The molecule has 4 radical (unpaired) electrons. The number of hydrogen-bond acceptors (Lipinski definition) is 4. The van der Waals surface area contributed by atoms with Crippen LogP contribution in [0.1, 0.15) is 95.9 Å². The van der Waals surface area contributed by atoms with E-state index in [-0.39, 0.29) is 46.9 Å². The fourth-order valence-corrected chi connectivity index (χ4v) is 1.35. The van der Waals surface area contributed by atoms with E-state index in [1.807, 2.05) is 83.1 Å². The number of rotatable bonds is 4. The molecule has 0 N–H and O–H groups in total. The second kappa shape index (κ2) is 10.4. The summed E-state index contributed by atoms with van der Waals surface area (Å²) >= 11 is 0. The summed E-state index contributed by atoms with van der Waals surface area (Å²) in [5, 5.41) is 0. The lowest BCUT2D eigenvalue weighted by Gasteiger charge is -2.20. The van der Waals surface area contributed by atoms with Gasteiger partial charge in [0.25, 0.3) is 0 Å². The highest BCUT2D eigenvalue weighted by atomic mass is 28.1. The maximum absolute atomic E-state index is 11.5. The van der Waals surface area contributed by atoms with Crippen molar-refractivity contribution >= 4 is 34.1 Å². The summed E-state index contributed by atoms with van der Waals surface area (Å²) in [4.78, 5) is 46.0. The molecule has 0 aromatic rings. The second-order valence-electron chi connectivity index (χ2n) is 11.0. The molecule has 0 aliphatic carbocycles. The van der Waals surface area contributed by atoms with E-state index in [4.69, 9.17) is 0 Å². The first kappa shape index (κ1) is 30.6. The highest BCUT2D eigenvalue weighted by molar-refractivity contribution is 6.03. The molecule has 0 spiro atoms. The highest BCUT2D eigenvalue weighted by Crippen LogP contribution is 2.23. The van der Waals surface area contributed by atoms with Gasteiger partial charge in [-0.25, -0.2) is 0 Å². The molecule has 156 valence electrons. The zero-order chi connectivity index (χ0) is 21.7. The second-order valence-corrected chi connectivity index (χ2v) is 11.0. The van der Waals surface area contributed by atoms with Crippen molar-refractivity contribution in [2.45, 2.75) is 95.9 Å². The molecule has 27 heavy (non-hydrogen) atoms. The lowest BCUT2D eigenvalue weighted by Crippen LogP contribution is -2.28. The minimum atomic E-state index is -0.402. The summed E-state index contributed by atoms with van der Waals surface area (Å²) in [5.41, 5.74) is -1.61. The Labute approximate surface area is 171 Å². The summed E-state index contributed by atoms with van der Waals surface area (Å²) < 4.78 is 0. The first-order chi connectivity index (χ1) is 11.1. The van der Waals surface area contributed by atoms with Gasteiger partial charge in [0.05, 0.1) is 12.8 Å². The molecule has 4 nitrogen and oxygen atoms in total. The molecule has 0 unspecified atom stereocenters. The van der Waals surface area contributed by atoms with Crippen molar-refractivity contribution in [1.82, 2.24) is 0 Å². The van der Waals surface area contributed by atoms with Crippen molar-refractivity contribution in [3.05, 3.63) is 0 Å². The number of carbonyl (C=O) groups is 4. The van der Waals surface area contributed by atoms with Gasteiger partial charge in [0, 0.05) is 32.6 Å². The van der Waals surface area contributed by atoms with Crippen molar-refractivity contribution in [2.24, 2.45) is 21.7 Å². The van der Waals surface area contributed by atoms with E-state index >= 15 is 0 Å². The molecule has 0 aromatic heterocycles. The van der Waals surface area contributed by atoms with Crippen LogP contribution in [0, 0.1) is 21.7 Å². The van der Waals surface area contributed by atoms with Gasteiger partial charge in [-0.3, -0.25) is 19.2 Å². The summed E-state index contributed by atoms with van der Waals surface area (Å²) in [6.45, 7) is 22.1. The topological polar surface area (TPSA) is 68.3 Å². The predicted octanol–water partition coefficient (Wildman–Crippen LogP) is 4.83. The third-order valence-corrected chi connectivity index (χ3v) is 3.99. The van der Waals surface area contributed by atoms with Crippen LogP contribution in [-0.2, 0) is 19.2 Å². The summed E-state index contributed by atoms with van der Waals surface area (Å²) in [7, 11) is 0. The van der Waals surface area contributed by atoms with Crippen molar-refractivity contribution in [2.75, 3.05) is 0 Å². The van der Waals surface area contributed by atoms with E-state index in [1.165, 1.54) is 0 Å². The minimum absolute atomic E-state index is 0. The maximum Gasteiger partial charge on any atom is 0.145 e. The Morgan fingerprint density at radius 3 is 0.593 bits per heavy atom. The molecule has 0 fully saturated rings. The highest BCUT2D eigenvalue weighted by Gasteiger charge is 2.29. The lowest BCUT2D eigenvalue weighted by molar-refractivity contribution is -0.136. The Balaban J connectivity index is -0.000000411. The molecular formula is C22H40O4Si. The Kier molecular flexibility index (Phi) is 11.8. The van der Waals surface area contributed by atoms with Crippen molar-refractivity contribution in [1.29, 1.82) is 0 Å². The Morgan fingerprint density at radius 1 is 0.407 bits per heavy atom. The van der Waals surface area contributed by atoms with Gasteiger partial charge in [0.1, 0.15) is 23.1 Å². The van der Waals surface area contributed by atoms with E-state index in [0.717, 1.165) is 0 Å². The molecule has 0 atom stereocenters. The van der Waals surface area contributed by atoms with Crippen LogP contribution in [0.4, 0.5) is 0 Å². The fraction of sp³-hybridized carbons (Fsp3) is 0.818. The van der Waals surface area contributed by atoms with Crippen LogP contribution in [0.5, 0.6) is 0 Å². The van der Waals surface area contributed by atoms with Crippen LogP contribution in [0.2, 0.25) is 0 Å². The number of Topliss-reactive ketones (excluding diaryl/α,β-unsaturated/α-hetero) is 4. The van der Waals surface area contributed by atoms with E-state index in [1.54, 1.807) is 0 Å². The third-order valence-electron chi connectivity index (χ3n) is 3.99. The fourth-order valence-electron chi connectivity index (χ4n) is 1.35. The van der Waals surface area contributed by atoms with Crippen molar-refractivity contribution in [3.8, 4) is 0 Å². The van der Waals surface area contributed by atoms with Gasteiger partial charge in [-0.15, -0.1) is 0 Å². The van der Waals surface area contributed by atoms with Gasteiger partial charge in [0.2, 0.25) is 0 Å². The number of ketones is 4. The van der Waals surface area contributed by atoms with Crippen LogP contribution >= 0.6 is 0 Å². The first-order valence-electron chi connectivity index (χ1n) is 9.23. The van der Waals surface area contributed by atoms with Crippen molar-refractivity contribution < 1.29 is 19.2 Å². The van der Waals surface area contributed by atoms with Crippen LogP contribution in [0.15, 0.2) is 0 Å². The zero-order valence-corrected chi connectivity index (χ0v) is 20.5. The molecule has 0 saturated heterocycles. The average molecular weight is 397 g/mol. The quantitative estimate of drug-likeness (QED) is 0.504. The van der Waals surface area contributed by atoms with E-state index in [0.29, 0.717) is 0 Å². The zero-order valence-electron chi connectivity index (χ0n) is 19.5. The molecule has 0 aliphatic heterocycles. The van der Waals surface area contributed by atoms with E-state index < -0.39 is 21.7 Å². The van der Waals surface area contributed by atoms with Gasteiger partial charge in [-0.2, -0.15) is 0 Å². The normalized spacial score (nSPS) is 12.3. The van der Waals surface area contributed by atoms with Gasteiger partial charge < -0.3 is 0 Å². The van der Waals surface area contributed by atoms with Crippen LogP contribution in [0.25, 0.3) is 0 Å². The molecule has 0 aliphatic rings. The van der Waals surface area contributed by atoms with Crippen molar-refractivity contribution in [3.63, 3.8) is 0 Å². The molecule has 5 heteroatoms. The van der Waals surface area contributed by atoms with Gasteiger partial charge in [-0.1, -0.05) is 83.1 Å². The van der Waals surface area contributed by atoms with E-state index in [9.17, 15) is 19.2 Å². The monoisotopic (exact) mass is 396 g/mol. The average Bonchev–Trinajstić information content (AvgIpc) is 2.34. The minimum Gasteiger partial charge on any atom is -0.299 e. The Morgan fingerprint density at radius 2 is 0.519 bits per heavy atom. The molecular weight excluding hydrogens is 356 g/mol. The predicted molar refractivity (Wildman–Crippen MR) is 113 cm³/mol. The Hall–Kier alpha value is -1.10. The molecule has 0 heterocycles. The summed E-state index contributed by atoms with van der Waals surface area (Å²) in [6, 6.07) is 0. The molecule has 0 aromatic carbocycles. The van der Waals surface area contributed by atoms with Crippen LogP contribution in [-0.4, -0.2) is 34.1 Å². The number of hydrogen-bond donors (Lipinski definition) is 0. The van der Waals surface area contributed by atoms with Gasteiger partial charge in [0.15, 0.2) is 0 Å². The lowest BCUT2D eigenvalue weighted by atomic mass is 9.82. The molecule has 0 bridgehead atoms. The summed E-state index contributed by atoms with van der Waals surface area (Å²) in [5.74, 6) is 0.0831. The SMILES string of the molecule is CC(C)(C)C(=O)CC(=O)C(C)(C)C.CC(C)(C)C(=O)CC(=O)C(C)(C)C.[Si].